The zero-order chi connectivity index (χ0) is 14.5. The van der Waals surface area contributed by atoms with Crippen molar-refractivity contribution in [2.45, 2.75) is 6.54 Å². The molecule has 2 heterocycles. The molecule has 0 aromatic carbocycles. The number of nitrogens with two attached hydrogens (primary N) is 1. The molecular weight excluding hydrogens is 274 g/mol. The zero-order valence-corrected chi connectivity index (χ0v) is 13.1. The molecule has 2 rings (SSSR count). The Balaban J connectivity index is 1.90. The van der Waals surface area contributed by atoms with Gasteiger partial charge in [0.15, 0.2) is 0 Å². The lowest BCUT2D eigenvalue weighted by molar-refractivity contribution is 0.229. The molecule has 0 saturated carbocycles. The monoisotopic (exact) mass is 297 g/mol. The molecule has 0 amide bonds. The maximum Gasteiger partial charge on any atom is 0.129 e. The molecule has 5 nitrogen and oxygen atoms in total. The van der Waals surface area contributed by atoms with E-state index in [9.17, 15) is 0 Å². The van der Waals surface area contributed by atoms with Gasteiger partial charge >= 0.3 is 0 Å². The van der Waals surface area contributed by atoms with E-state index in [2.05, 4.69) is 33.8 Å². The van der Waals surface area contributed by atoms with Gasteiger partial charge in [-0.1, -0.05) is 11.6 Å². The van der Waals surface area contributed by atoms with Gasteiger partial charge in [-0.15, -0.1) is 0 Å². The molecule has 0 bridgehead atoms. The maximum absolute atomic E-state index is 6.06. The fourth-order valence-electron chi connectivity index (χ4n) is 2.33. The molecule has 0 unspecified atom stereocenters. The van der Waals surface area contributed by atoms with Crippen LogP contribution in [0.4, 0.5) is 5.82 Å². The summed E-state index contributed by atoms with van der Waals surface area (Å²) in [5, 5.41) is 0.654. The quantitative estimate of drug-likeness (QED) is 0.874. The van der Waals surface area contributed by atoms with E-state index in [1.54, 1.807) is 0 Å². The van der Waals surface area contributed by atoms with E-state index < -0.39 is 0 Å². The molecule has 1 fully saturated rings. The van der Waals surface area contributed by atoms with Crippen LogP contribution in [-0.4, -0.2) is 68.1 Å². The van der Waals surface area contributed by atoms with Gasteiger partial charge in [0.25, 0.3) is 0 Å². The number of aromatic nitrogens is 1. The first-order valence-electron chi connectivity index (χ1n) is 7.07. The first-order valence-corrected chi connectivity index (χ1v) is 7.45. The number of hydrogen-bond donors (Lipinski definition) is 1. The van der Waals surface area contributed by atoms with Crippen LogP contribution in [0.25, 0.3) is 0 Å². The molecule has 20 heavy (non-hydrogen) atoms. The second-order valence-corrected chi connectivity index (χ2v) is 5.84. The largest absolute Gasteiger partial charge is 0.354 e. The second-order valence-electron chi connectivity index (χ2n) is 5.43. The minimum absolute atomic E-state index is 0.384. The van der Waals surface area contributed by atoms with Crippen molar-refractivity contribution in [2.24, 2.45) is 5.73 Å². The third-order valence-corrected chi connectivity index (χ3v) is 4.00. The van der Waals surface area contributed by atoms with Crippen LogP contribution in [0.3, 0.4) is 0 Å². The molecule has 1 aromatic rings. The highest BCUT2D eigenvalue weighted by Gasteiger charge is 2.18. The fraction of sp³-hybridized carbons (Fsp3) is 0.643. The third kappa shape index (κ3) is 4.06. The first kappa shape index (κ1) is 15.5. The Kier molecular flexibility index (Phi) is 5.60. The SMILES string of the molecule is CN(C)CCN1CCN(c2ccc(Cl)c(CN)n2)CC1. The number of pyridine rings is 1. The Morgan fingerprint density at radius 2 is 1.95 bits per heavy atom. The number of nitrogens with zero attached hydrogens (tertiary/aromatic N) is 4. The molecule has 112 valence electrons. The summed E-state index contributed by atoms with van der Waals surface area (Å²) in [6.07, 6.45) is 0. The Labute approximate surface area is 126 Å². The lowest BCUT2D eigenvalue weighted by Gasteiger charge is -2.36. The van der Waals surface area contributed by atoms with Crippen LogP contribution in [0.1, 0.15) is 5.69 Å². The Morgan fingerprint density at radius 1 is 1.25 bits per heavy atom. The predicted octanol–water partition coefficient (Wildman–Crippen LogP) is 0.877. The highest BCUT2D eigenvalue weighted by molar-refractivity contribution is 6.31. The molecule has 2 N–H and O–H groups in total. The molecule has 0 aliphatic carbocycles. The molecule has 1 saturated heterocycles. The van der Waals surface area contributed by atoms with Gasteiger partial charge in [-0.3, -0.25) is 4.90 Å². The standard InChI is InChI=1S/C14H24ClN5/c1-18(2)5-6-19-7-9-20(10-8-19)14-4-3-12(15)13(11-16)17-14/h3-4H,5-11,16H2,1-2H3. The maximum atomic E-state index is 6.06. The topological polar surface area (TPSA) is 48.6 Å². The summed E-state index contributed by atoms with van der Waals surface area (Å²) in [6, 6.07) is 3.88. The van der Waals surface area contributed by atoms with Gasteiger partial charge in [-0.25, -0.2) is 4.98 Å². The highest BCUT2D eigenvalue weighted by atomic mass is 35.5. The van der Waals surface area contributed by atoms with E-state index in [0.717, 1.165) is 50.8 Å². The molecule has 0 atom stereocenters. The van der Waals surface area contributed by atoms with Crippen LogP contribution in [-0.2, 0) is 6.54 Å². The van der Waals surface area contributed by atoms with Crippen molar-refractivity contribution in [2.75, 3.05) is 58.3 Å². The van der Waals surface area contributed by atoms with Gasteiger partial charge in [0.2, 0.25) is 0 Å². The number of anilines is 1. The van der Waals surface area contributed by atoms with Crippen molar-refractivity contribution in [1.82, 2.24) is 14.8 Å². The van der Waals surface area contributed by atoms with Crippen LogP contribution >= 0.6 is 11.6 Å². The molecule has 0 spiro atoms. The van der Waals surface area contributed by atoms with Crippen LogP contribution in [0.5, 0.6) is 0 Å². The van der Waals surface area contributed by atoms with Crippen LogP contribution < -0.4 is 10.6 Å². The van der Waals surface area contributed by atoms with Gasteiger partial charge in [-0.05, 0) is 26.2 Å². The Bertz CT molecular complexity index is 430. The second kappa shape index (κ2) is 7.22. The zero-order valence-electron chi connectivity index (χ0n) is 12.3. The van der Waals surface area contributed by atoms with Gasteiger partial charge in [0, 0.05) is 45.8 Å². The summed E-state index contributed by atoms with van der Waals surface area (Å²) in [7, 11) is 4.23. The summed E-state index contributed by atoms with van der Waals surface area (Å²) >= 11 is 6.06. The summed E-state index contributed by atoms with van der Waals surface area (Å²) in [6.45, 7) is 6.79. The molecular formula is C14H24ClN5. The Hall–Kier alpha value is -0.880. The normalized spacial score (nSPS) is 16.9. The number of halogens is 1. The number of rotatable bonds is 5. The number of piperazine rings is 1. The van der Waals surface area contributed by atoms with E-state index in [0.29, 0.717) is 11.6 Å². The average molecular weight is 298 g/mol. The van der Waals surface area contributed by atoms with Crippen LogP contribution in [0, 0.1) is 0 Å². The average Bonchev–Trinajstić information content (AvgIpc) is 2.46. The van der Waals surface area contributed by atoms with Crippen molar-refractivity contribution >= 4 is 17.4 Å². The van der Waals surface area contributed by atoms with Gasteiger partial charge in [-0.2, -0.15) is 0 Å². The summed E-state index contributed by atoms with van der Waals surface area (Å²) < 4.78 is 0. The minimum atomic E-state index is 0.384. The van der Waals surface area contributed by atoms with Gasteiger partial charge in [0.1, 0.15) is 5.82 Å². The molecule has 6 heteroatoms. The molecule has 1 aliphatic rings. The van der Waals surface area contributed by atoms with Crippen molar-refractivity contribution in [3.63, 3.8) is 0 Å². The van der Waals surface area contributed by atoms with E-state index in [-0.39, 0.29) is 0 Å². The predicted molar refractivity (Wildman–Crippen MR) is 84.3 cm³/mol. The fourth-order valence-corrected chi connectivity index (χ4v) is 2.52. The van der Waals surface area contributed by atoms with E-state index >= 15 is 0 Å². The molecule has 1 aliphatic heterocycles. The molecule has 0 radical (unpaired) electrons. The third-order valence-electron chi connectivity index (χ3n) is 3.66. The lowest BCUT2D eigenvalue weighted by Crippen LogP contribution is -2.48. The number of likely N-dealkylation sites (N-methyl/N-ethyl adjacent to an activating group) is 1. The van der Waals surface area contributed by atoms with Crippen LogP contribution in [0.2, 0.25) is 5.02 Å². The van der Waals surface area contributed by atoms with Crippen molar-refractivity contribution in [3.05, 3.63) is 22.8 Å². The van der Waals surface area contributed by atoms with Crippen molar-refractivity contribution in [1.29, 1.82) is 0 Å². The summed E-state index contributed by atoms with van der Waals surface area (Å²) in [5.41, 5.74) is 6.44. The van der Waals surface area contributed by atoms with E-state index in [1.165, 1.54) is 0 Å². The van der Waals surface area contributed by atoms with Crippen molar-refractivity contribution < 1.29 is 0 Å². The summed E-state index contributed by atoms with van der Waals surface area (Å²) in [4.78, 5) is 11.6. The minimum Gasteiger partial charge on any atom is -0.354 e. The van der Waals surface area contributed by atoms with Gasteiger partial charge < -0.3 is 15.5 Å². The smallest absolute Gasteiger partial charge is 0.129 e. The van der Waals surface area contributed by atoms with E-state index in [4.69, 9.17) is 17.3 Å². The number of hydrogen-bond acceptors (Lipinski definition) is 5. The highest BCUT2D eigenvalue weighted by Crippen LogP contribution is 2.20. The van der Waals surface area contributed by atoms with E-state index in [1.807, 2.05) is 12.1 Å². The van der Waals surface area contributed by atoms with Crippen LogP contribution in [0.15, 0.2) is 12.1 Å². The first-order chi connectivity index (χ1) is 9.60. The van der Waals surface area contributed by atoms with Gasteiger partial charge in [0.05, 0.1) is 10.7 Å². The molecule has 1 aromatic heterocycles. The lowest BCUT2D eigenvalue weighted by atomic mass is 10.3. The summed E-state index contributed by atoms with van der Waals surface area (Å²) in [5.74, 6) is 0.988. The van der Waals surface area contributed by atoms with Crippen molar-refractivity contribution in [3.8, 4) is 0 Å². The Morgan fingerprint density at radius 3 is 2.55 bits per heavy atom.